The molecule has 34 heavy (non-hydrogen) atoms. The Hall–Kier alpha value is -2.97. The normalized spacial score (nSPS) is 20.5. The Morgan fingerprint density at radius 1 is 1.09 bits per heavy atom. The monoisotopic (exact) mass is 478 g/mol. The summed E-state index contributed by atoms with van der Waals surface area (Å²) >= 11 is 0. The first-order valence-corrected chi connectivity index (χ1v) is 13.3. The van der Waals surface area contributed by atoms with Crippen LogP contribution in [0.4, 0.5) is 0 Å². The van der Waals surface area contributed by atoms with Crippen molar-refractivity contribution in [3.8, 4) is 0 Å². The second kappa shape index (κ2) is 9.35. The number of sulfonamides is 1. The number of hydrogen-bond acceptors (Lipinski definition) is 4. The Balaban J connectivity index is 1.43. The fourth-order valence-electron chi connectivity index (χ4n) is 5.33. The molecule has 1 aliphatic carbocycles. The first-order valence-electron chi connectivity index (χ1n) is 11.8. The molecule has 2 unspecified atom stereocenters. The van der Waals surface area contributed by atoms with E-state index >= 15 is 0 Å². The zero-order valence-corrected chi connectivity index (χ0v) is 20.2. The van der Waals surface area contributed by atoms with Crippen LogP contribution in [0.2, 0.25) is 0 Å². The van der Waals surface area contributed by atoms with E-state index in [9.17, 15) is 13.2 Å². The van der Waals surface area contributed by atoms with Crippen LogP contribution in [0, 0.1) is 0 Å². The number of fused-ring (bicyclic) bond motifs is 1. The molecule has 1 aliphatic heterocycles. The average Bonchev–Trinajstić information content (AvgIpc) is 3.47. The minimum absolute atomic E-state index is 0.0162. The number of aromatic nitrogens is 2. The molecule has 1 saturated heterocycles. The number of imidazole rings is 1. The van der Waals surface area contributed by atoms with Gasteiger partial charge in [-0.25, -0.2) is 18.1 Å². The molecule has 1 amide bonds. The summed E-state index contributed by atoms with van der Waals surface area (Å²) < 4.78 is 29.6. The van der Waals surface area contributed by atoms with Crippen molar-refractivity contribution in [1.29, 1.82) is 0 Å². The second-order valence-electron chi connectivity index (χ2n) is 9.33. The van der Waals surface area contributed by atoms with Gasteiger partial charge in [0.2, 0.25) is 5.91 Å². The molecule has 7 nitrogen and oxygen atoms in total. The lowest BCUT2D eigenvalue weighted by molar-refractivity contribution is -0.130. The number of benzene rings is 2. The van der Waals surface area contributed by atoms with Crippen molar-refractivity contribution in [2.75, 3.05) is 6.54 Å². The van der Waals surface area contributed by atoms with Gasteiger partial charge in [-0.1, -0.05) is 48.5 Å². The van der Waals surface area contributed by atoms with Crippen molar-refractivity contribution in [3.05, 3.63) is 83.3 Å². The number of carbonyl (C=O) groups excluding carboxylic acids is 1. The van der Waals surface area contributed by atoms with Crippen LogP contribution in [0.3, 0.4) is 0 Å². The Morgan fingerprint density at radius 2 is 1.91 bits per heavy atom. The highest BCUT2D eigenvalue weighted by atomic mass is 32.2. The molecule has 5 rings (SSSR count). The number of nitrogens with zero attached hydrogens (tertiary/aromatic N) is 3. The largest absolute Gasteiger partial charge is 0.339 e. The van der Waals surface area contributed by atoms with Crippen molar-refractivity contribution in [2.24, 2.45) is 7.05 Å². The van der Waals surface area contributed by atoms with Crippen LogP contribution in [0.5, 0.6) is 0 Å². The van der Waals surface area contributed by atoms with Crippen LogP contribution < -0.4 is 4.72 Å². The summed E-state index contributed by atoms with van der Waals surface area (Å²) in [6, 6.07) is 16.8. The van der Waals surface area contributed by atoms with E-state index in [2.05, 4.69) is 51.0 Å². The maximum Gasteiger partial charge on any atom is 0.259 e. The third kappa shape index (κ3) is 4.65. The Bertz CT molecular complexity index is 1290. The summed E-state index contributed by atoms with van der Waals surface area (Å²) in [6.07, 6.45) is 7.26. The van der Waals surface area contributed by atoms with Crippen LogP contribution in [-0.2, 0) is 41.3 Å². The predicted octanol–water partition coefficient (Wildman–Crippen LogP) is 3.16. The molecule has 0 radical (unpaired) electrons. The van der Waals surface area contributed by atoms with Crippen LogP contribution in [-0.4, -0.2) is 41.4 Å². The molecule has 178 valence electrons. The van der Waals surface area contributed by atoms with E-state index < -0.39 is 10.0 Å². The van der Waals surface area contributed by atoms with Gasteiger partial charge in [-0.3, -0.25) is 4.79 Å². The number of nitrogens with one attached hydrogen (secondary N) is 1. The highest BCUT2D eigenvalue weighted by molar-refractivity contribution is 7.89. The van der Waals surface area contributed by atoms with E-state index in [1.165, 1.54) is 29.2 Å². The maximum absolute atomic E-state index is 12.6. The zero-order chi connectivity index (χ0) is 23.7. The van der Waals surface area contributed by atoms with E-state index in [4.69, 9.17) is 0 Å². The molecule has 3 aromatic rings. The van der Waals surface area contributed by atoms with Gasteiger partial charge in [-0.05, 0) is 47.9 Å². The number of rotatable bonds is 7. The van der Waals surface area contributed by atoms with Crippen molar-refractivity contribution in [1.82, 2.24) is 19.2 Å². The number of hydrogen-bond donors (Lipinski definition) is 1. The summed E-state index contributed by atoms with van der Waals surface area (Å²) in [5.41, 5.74) is 4.68. The number of carbonyl (C=O) groups is 1. The van der Waals surface area contributed by atoms with Gasteiger partial charge in [0.05, 0.1) is 6.33 Å². The average molecular weight is 479 g/mol. The lowest BCUT2D eigenvalue weighted by Gasteiger charge is -2.40. The summed E-state index contributed by atoms with van der Waals surface area (Å²) in [6.45, 7) is 1.02. The van der Waals surface area contributed by atoms with E-state index in [0.717, 1.165) is 37.8 Å². The Morgan fingerprint density at radius 3 is 2.62 bits per heavy atom. The first-order chi connectivity index (χ1) is 16.4. The minimum atomic E-state index is -3.69. The highest BCUT2D eigenvalue weighted by Gasteiger charge is 2.37. The molecule has 1 N–H and O–H groups in total. The van der Waals surface area contributed by atoms with Gasteiger partial charge >= 0.3 is 0 Å². The molecule has 2 aromatic carbocycles. The fourth-order valence-corrected chi connectivity index (χ4v) is 6.32. The van der Waals surface area contributed by atoms with Gasteiger partial charge in [-0.2, -0.15) is 0 Å². The van der Waals surface area contributed by atoms with Crippen LogP contribution in [0.1, 0.15) is 47.4 Å². The van der Waals surface area contributed by atoms with Crippen LogP contribution >= 0.6 is 0 Å². The number of likely N-dealkylation sites (tertiary alicyclic amines) is 1. The topological polar surface area (TPSA) is 84.3 Å². The van der Waals surface area contributed by atoms with Gasteiger partial charge in [0.25, 0.3) is 10.0 Å². The van der Waals surface area contributed by atoms with Crippen molar-refractivity contribution in [2.45, 2.75) is 55.6 Å². The summed E-state index contributed by atoms with van der Waals surface area (Å²) in [5.74, 6) is 0.436. The van der Waals surface area contributed by atoms with E-state index in [1.807, 2.05) is 12.1 Å². The molecule has 1 aromatic heterocycles. The van der Waals surface area contributed by atoms with E-state index in [0.29, 0.717) is 6.42 Å². The van der Waals surface area contributed by atoms with Crippen molar-refractivity contribution < 1.29 is 13.2 Å². The number of aryl methyl sites for hydroxylation is 2. The minimum Gasteiger partial charge on any atom is -0.339 e. The number of amides is 1. The molecular weight excluding hydrogens is 448 g/mol. The summed E-state index contributed by atoms with van der Waals surface area (Å²) in [7, 11) is -1.95. The molecule has 1 fully saturated rings. The Labute approximate surface area is 200 Å². The molecule has 0 saturated carbocycles. The SMILES string of the molecule is Cn1cnc(S(=O)(=O)NCc2ccc3c(c2)C(Cc2ccccc2)C(N2CCCC2=O)CC3)c1. The maximum atomic E-state index is 12.6. The lowest BCUT2D eigenvalue weighted by atomic mass is 9.75. The summed E-state index contributed by atoms with van der Waals surface area (Å²) in [4.78, 5) is 18.7. The first kappa shape index (κ1) is 22.8. The van der Waals surface area contributed by atoms with Crippen LogP contribution in [0.15, 0.2) is 66.1 Å². The van der Waals surface area contributed by atoms with Crippen molar-refractivity contribution >= 4 is 15.9 Å². The van der Waals surface area contributed by atoms with Gasteiger partial charge < -0.3 is 9.47 Å². The molecule has 2 atom stereocenters. The molecule has 0 bridgehead atoms. The quantitative estimate of drug-likeness (QED) is 0.565. The smallest absolute Gasteiger partial charge is 0.259 e. The Kier molecular flexibility index (Phi) is 6.27. The van der Waals surface area contributed by atoms with Crippen LogP contribution in [0.25, 0.3) is 0 Å². The molecular formula is C26H30N4O3S. The van der Waals surface area contributed by atoms with Gasteiger partial charge in [0.15, 0.2) is 5.03 Å². The molecule has 0 spiro atoms. The van der Waals surface area contributed by atoms with Crippen molar-refractivity contribution in [3.63, 3.8) is 0 Å². The van der Waals surface area contributed by atoms with Gasteiger partial charge in [0.1, 0.15) is 0 Å². The van der Waals surface area contributed by atoms with Gasteiger partial charge in [0, 0.05) is 44.7 Å². The standard InChI is InChI=1S/C26H30N4O3S/c1-29-17-25(27-18-29)34(32,33)28-16-20-9-10-21-11-12-24(30-13-5-8-26(30)31)23(22(21)15-20)14-19-6-3-2-4-7-19/h2-4,6-7,9-10,15,17-18,23-24,28H,5,8,11-14,16H2,1H3. The fraction of sp³-hybridized carbons (Fsp3) is 0.385. The predicted molar refractivity (Wildman–Crippen MR) is 130 cm³/mol. The van der Waals surface area contributed by atoms with Gasteiger partial charge in [-0.15, -0.1) is 0 Å². The molecule has 2 aliphatic rings. The van der Waals surface area contributed by atoms with E-state index in [1.54, 1.807) is 11.6 Å². The zero-order valence-electron chi connectivity index (χ0n) is 19.4. The third-order valence-corrected chi connectivity index (χ3v) is 8.30. The molecule has 2 heterocycles. The lowest BCUT2D eigenvalue weighted by Crippen LogP contribution is -2.43. The van der Waals surface area contributed by atoms with E-state index in [-0.39, 0.29) is 29.4 Å². The molecule has 8 heteroatoms. The summed E-state index contributed by atoms with van der Waals surface area (Å²) in [5, 5.41) is 0.0162. The highest BCUT2D eigenvalue weighted by Crippen LogP contribution is 2.39. The third-order valence-electron chi connectivity index (χ3n) is 7.02. The second-order valence-corrected chi connectivity index (χ2v) is 11.0.